The summed E-state index contributed by atoms with van der Waals surface area (Å²) in [6.45, 7) is 7.23. The molecule has 0 radical (unpaired) electrons. The van der Waals surface area contributed by atoms with Gasteiger partial charge in [0.25, 0.3) is 0 Å². The van der Waals surface area contributed by atoms with E-state index in [-0.39, 0.29) is 17.4 Å². The number of piperazine rings is 1. The van der Waals surface area contributed by atoms with Crippen LogP contribution in [0.5, 0.6) is 5.75 Å². The van der Waals surface area contributed by atoms with Gasteiger partial charge in [-0.3, -0.25) is 4.90 Å². The Hall–Kier alpha value is -1.90. The molecule has 1 aliphatic rings. The third kappa shape index (κ3) is 3.41. The van der Waals surface area contributed by atoms with Gasteiger partial charge in [-0.1, -0.05) is 12.1 Å². The zero-order valence-electron chi connectivity index (χ0n) is 12.0. The van der Waals surface area contributed by atoms with Crippen LogP contribution in [0.4, 0.5) is 4.39 Å². The fraction of sp³-hybridized carbons (Fsp3) is 0.438. The summed E-state index contributed by atoms with van der Waals surface area (Å²) in [6, 6.07) is 4.56. The Morgan fingerprint density at radius 2 is 2.19 bits per heavy atom. The van der Waals surface area contributed by atoms with Gasteiger partial charge in [-0.05, 0) is 18.9 Å². The normalized spacial score (nSPS) is 17.1. The lowest BCUT2D eigenvalue weighted by Crippen LogP contribution is -2.45. The van der Waals surface area contributed by atoms with Crippen molar-refractivity contribution in [3.63, 3.8) is 0 Å². The maximum absolute atomic E-state index is 13.6. The molecule has 1 saturated heterocycles. The molecule has 1 aliphatic heterocycles. The Kier molecular flexibility index (Phi) is 5.32. The van der Waals surface area contributed by atoms with Crippen molar-refractivity contribution in [3.8, 4) is 11.8 Å². The zero-order chi connectivity index (χ0) is 15.2. The third-order valence-electron chi connectivity index (χ3n) is 3.87. The van der Waals surface area contributed by atoms with Gasteiger partial charge in [0.15, 0.2) is 0 Å². The molecule has 1 fully saturated rings. The molecule has 1 aromatic rings. The van der Waals surface area contributed by atoms with Gasteiger partial charge in [0.2, 0.25) is 0 Å². The number of phenolic OH excluding ortho intramolecular Hbond substituents is 1. The first kappa shape index (κ1) is 15.5. The molecule has 0 saturated carbocycles. The highest BCUT2D eigenvalue weighted by Crippen LogP contribution is 2.35. The summed E-state index contributed by atoms with van der Waals surface area (Å²) in [5.41, 5.74) is 0.350. The quantitative estimate of drug-likeness (QED) is 0.817. The summed E-state index contributed by atoms with van der Waals surface area (Å²) >= 11 is 0. The van der Waals surface area contributed by atoms with E-state index in [1.807, 2.05) is 6.08 Å². The molecule has 1 heterocycles. The minimum atomic E-state index is -0.679. The van der Waals surface area contributed by atoms with Crippen molar-refractivity contribution >= 4 is 0 Å². The van der Waals surface area contributed by atoms with Gasteiger partial charge in [-0.25, -0.2) is 4.39 Å². The second kappa shape index (κ2) is 7.21. The molecule has 5 heteroatoms. The van der Waals surface area contributed by atoms with E-state index in [1.165, 1.54) is 6.07 Å². The first-order chi connectivity index (χ1) is 10.2. The van der Waals surface area contributed by atoms with E-state index >= 15 is 0 Å². The Bertz CT molecular complexity index is 547. The Morgan fingerprint density at radius 3 is 2.81 bits per heavy atom. The summed E-state index contributed by atoms with van der Waals surface area (Å²) in [4.78, 5) is 2.26. The number of phenols is 1. The Morgan fingerprint density at radius 1 is 1.48 bits per heavy atom. The van der Waals surface area contributed by atoms with Crippen LogP contribution >= 0.6 is 0 Å². The standard InChI is InChI=1S/C16H20FN3O/c1-2-3-4-15(20-9-7-19-8-10-20)12-5-6-14(17)13(11-18)16(12)21/h2,5-6,15,19,21H,1,3-4,7-10H2/t15-/m1/s1. The van der Waals surface area contributed by atoms with Crippen LogP contribution in [0.25, 0.3) is 0 Å². The molecule has 0 unspecified atom stereocenters. The van der Waals surface area contributed by atoms with Crippen molar-refractivity contribution in [2.24, 2.45) is 0 Å². The van der Waals surface area contributed by atoms with Crippen molar-refractivity contribution in [2.75, 3.05) is 26.2 Å². The fourth-order valence-corrected chi connectivity index (χ4v) is 2.76. The van der Waals surface area contributed by atoms with Crippen LogP contribution in [0.2, 0.25) is 0 Å². The minimum absolute atomic E-state index is 0.0298. The molecule has 0 aliphatic carbocycles. The molecule has 0 amide bonds. The van der Waals surface area contributed by atoms with Crippen LogP contribution in [0.3, 0.4) is 0 Å². The van der Waals surface area contributed by atoms with E-state index in [1.54, 1.807) is 12.1 Å². The summed E-state index contributed by atoms with van der Waals surface area (Å²) in [7, 11) is 0. The predicted octanol–water partition coefficient (Wildman–Crippen LogP) is 2.32. The van der Waals surface area contributed by atoms with Gasteiger partial charge in [0.05, 0.1) is 0 Å². The number of benzene rings is 1. The van der Waals surface area contributed by atoms with E-state index in [9.17, 15) is 9.50 Å². The first-order valence-corrected chi connectivity index (χ1v) is 7.16. The van der Waals surface area contributed by atoms with E-state index in [0.29, 0.717) is 5.56 Å². The van der Waals surface area contributed by atoms with Gasteiger partial charge in [0.1, 0.15) is 23.2 Å². The SMILES string of the molecule is C=CCC[C@H](c1ccc(F)c(C#N)c1O)N1CCNCC1. The molecular formula is C16H20FN3O. The average molecular weight is 289 g/mol. The molecule has 1 atom stereocenters. The number of halogens is 1. The number of rotatable bonds is 5. The highest BCUT2D eigenvalue weighted by Gasteiger charge is 2.26. The maximum atomic E-state index is 13.6. The van der Waals surface area contributed by atoms with Crippen molar-refractivity contribution in [1.29, 1.82) is 5.26 Å². The van der Waals surface area contributed by atoms with Gasteiger partial charge < -0.3 is 10.4 Å². The third-order valence-corrected chi connectivity index (χ3v) is 3.87. The number of hydrogen-bond acceptors (Lipinski definition) is 4. The number of allylic oxidation sites excluding steroid dienone is 1. The van der Waals surface area contributed by atoms with Crippen LogP contribution in [-0.2, 0) is 0 Å². The molecule has 0 aromatic heterocycles. The second-order valence-corrected chi connectivity index (χ2v) is 5.14. The van der Waals surface area contributed by atoms with Gasteiger partial charge in [0, 0.05) is 37.8 Å². The van der Waals surface area contributed by atoms with Crippen LogP contribution < -0.4 is 5.32 Å². The van der Waals surface area contributed by atoms with E-state index in [4.69, 9.17) is 5.26 Å². The average Bonchev–Trinajstić information content (AvgIpc) is 2.51. The number of nitrogens with one attached hydrogen (secondary N) is 1. The number of hydrogen-bond donors (Lipinski definition) is 2. The fourth-order valence-electron chi connectivity index (χ4n) is 2.76. The van der Waals surface area contributed by atoms with Crippen LogP contribution in [0.1, 0.15) is 30.0 Å². The molecule has 4 nitrogen and oxygen atoms in total. The molecule has 2 N–H and O–H groups in total. The molecule has 1 aromatic carbocycles. The number of aromatic hydroxyl groups is 1. The van der Waals surface area contributed by atoms with E-state index < -0.39 is 5.82 Å². The minimum Gasteiger partial charge on any atom is -0.506 e. The molecule has 0 spiro atoms. The summed E-state index contributed by atoms with van der Waals surface area (Å²) in [5, 5.41) is 22.5. The lowest BCUT2D eigenvalue weighted by atomic mass is 9.96. The Balaban J connectivity index is 2.36. The molecule has 112 valence electrons. The summed E-state index contributed by atoms with van der Waals surface area (Å²) < 4.78 is 13.6. The zero-order valence-corrected chi connectivity index (χ0v) is 12.0. The molecule has 21 heavy (non-hydrogen) atoms. The Labute approximate surface area is 124 Å². The summed E-state index contributed by atoms with van der Waals surface area (Å²) in [6.07, 6.45) is 3.42. The smallest absolute Gasteiger partial charge is 0.144 e. The lowest BCUT2D eigenvalue weighted by Gasteiger charge is -2.35. The molecule has 0 bridgehead atoms. The molecular weight excluding hydrogens is 269 g/mol. The highest BCUT2D eigenvalue weighted by molar-refractivity contribution is 5.49. The monoisotopic (exact) mass is 289 g/mol. The largest absolute Gasteiger partial charge is 0.506 e. The predicted molar refractivity (Wildman–Crippen MR) is 79.4 cm³/mol. The second-order valence-electron chi connectivity index (χ2n) is 5.14. The van der Waals surface area contributed by atoms with Crippen LogP contribution in [0, 0.1) is 17.1 Å². The van der Waals surface area contributed by atoms with Crippen molar-refractivity contribution in [2.45, 2.75) is 18.9 Å². The van der Waals surface area contributed by atoms with Crippen molar-refractivity contribution in [3.05, 3.63) is 41.7 Å². The van der Waals surface area contributed by atoms with E-state index in [0.717, 1.165) is 39.0 Å². The number of nitriles is 1. The topological polar surface area (TPSA) is 59.3 Å². The van der Waals surface area contributed by atoms with Crippen LogP contribution in [0.15, 0.2) is 24.8 Å². The van der Waals surface area contributed by atoms with Gasteiger partial charge in [-0.2, -0.15) is 5.26 Å². The maximum Gasteiger partial charge on any atom is 0.144 e. The number of nitrogens with zero attached hydrogens (tertiary/aromatic N) is 2. The highest BCUT2D eigenvalue weighted by atomic mass is 19.1. The van der Waals surface area contributed by atoms with E-state index in [2.05, 4.69) is 16.8 Å². The molecule has 2 rings (SSSR count). The van der Waals surface area contributed by atoms with Crippen LogP contribution in [-0.4, -0.2) is 36.2 Å². The van der Waals surface area contributed by atoms with Crippen molar-refractivity contribution < 1.29 is 9.50 Å². The van der Waals surface area contributed by atoms with Gasteiger partial charge >= 0.3 is 0 Å². The first-order valence-electron chi connectivity index (χ1n) is 7.16. The summed E-state index contributed by atoms with van der Waals surface area (Å²) in [5.74, 6) is -0.911. The van der Waals surface area contributed by atoms with Gasteiger partial charge in [-0.15, -0.1) is 6.58 Å². The lowest BCUT2D eigenvalue weighted by molar-refractivity contribution is 0.163. The van der Waals surface area contributed by atoms with Crippen molar-refractivity contribution in [1.82, 2.24) is 10.2 Å².